The fourth-order valence-corrected chi connectivity index (χ4v) is 3.00. The molecule has 2 amide bonds. The summed E-state index contributed by atoms with van der Waals surface area (Å²) in [5.74, 6) is -1.45. The number of hydrogen-bond donors (Lipinski definition) is 4. The van der Waals surface area contributed by atoms with Gasteiger partial charge < -0.3 is 25.5 Å². The van der Waals surface area contributed by atoms with E-state index in [-0.39, 0.29) is 13.2 Å². The van der Waals surface area contributed by atoms with Crippen LogP contribution in [0.3, 0.4) is 0 Å². The van der Waals surface area contributed by atoms with Crippen molar-refractivity contribution in [2.45, 2.75) is 94.3 Å². The van der Waals surface area contributed by atoms with Crippen molar-refractivity contribution in [1.29, 1.82) is 0 Å². The van der Waals surface area contributed by atoms with Gasteiger partial charge in [0.1, 0.15) is 0 Å². The highest BCUT2D eigenvalue weighted by atomic mass is 35.5. The van der Waals surface area contributed by atoms with E-state index in [4.69, 9.17) is 16.7 Å². The molecule has 2 heterocycles. The monoisotopic (exact) mass is 643 g/mol. The van der Waals surface area contributed by atoms with Crippen molar-refractivity contribution in [1.82, 2.24) is 15.2 Å². The Hall–Kier alpha value is -2.43. The van der Waals surface area contributed by atoms with Crippen LogP contribution in [0.1, 0.15) is 80.8 Å². The van der Waals surface area contributed by atoms with Crippen molar-refractivity contribution in [2.24, 2.45) is 0 Å². The minimum Gasteiger partial charge on any atom is -0.392 e. The Bertz CT molecular complexity index is 910. The predicted molar refractivity (Wildman–Crippen MR) is 186 cm³/mol. The summed E-state index contributed by atoms with van der Waals surface area (Å²) in [7, 11) is 0. The lowest BCUT2D eigenvalue weighted by Crippen LogP contribution is -2.50. The number of halogens is 1. The molecule has 10 heteroatoms. The van der Waals surface area contributed by atoms with E-state index in [1.807, 2.05) is 98.7 Å². The predicted octanol–water partition coefficient (Wildman–Crippen LogP) is 6.76. The van der Waals surface area contributed by atoms with Gasteiger partial charge in [-0.05, 0) is 77.5 Å². The molecule has 0 bridgehead atoms. The molecule has 2 rings (SSSR count). The van der Waals surface area contributed by atoms with E-state index in [0.717, 1.165) is 29.1 Å². The second-order valence-electron chi connectivity index (χ2n) is 8.43. The lowest BCUT2D eigenvalue weighted by molar-refractivity contribution is -0.152. The van der Waals surface area contributed by atoms with Crippen molar-refractivity contribution in [3.63, 3.8) is 0 Å². The maximum absolute atomic E-state index is 11.9. The number of likely N-dealkylation sites (tertiary alicyclic amines) is 1. The van der Waals surface area contributed by atoms with Crippen LogP contribution in [-0.4, -0.2) is 75.5 Å². The van der Waals surface area contributed by atoms with Crippen LogP contribution in [0.4, 0.5) is 0 Å². The van der Waals surface area contributed by atoms with E-state index in [1.54, 1.807) is 18.5 Å². The van der Waals surface area contributed by atoms with Gasteiger partial charge in [-0.15, -0.1) is 11.8 Å². The Balaban J connectivity index is -0.000000307. The molecule has 1 saturated heterocycles. The first-order valence-electron chi connectivity index (χ1n) is 14.7. The molecule has 0 radical (unpaired) electrons. The van der Waals surface area contributed by atoms with Gasteiger partial charge in [-0.2, -0.15) is 0 Å². The number of amides is 2. The van der Waals surface area contributed by atoms with Gasteiger partial charge in [0.15, 0.2) is 12.2 Å². The second kappa shape index (κ2) is 34.1. The second-order valence-corrected chi connectivity index (χ2v) is 10.1. The normalized spacial score (nSPS) is 13.5. The van der Waals surface area contributed by atoms with E-state index >= 15 is 0 Å². The first-order valence-corrected chi connectivity index (χ1v) is 16.0. The zero-order chi connectivity index (χ0) is 34.2. The molecule has 0 aliphatic carbocycles. The summed E-state index contributed by atoms with van der Waals surface area (Å²) in [5.41, 5.74) is 1.83. The Morgan fingerprint density at radius 1 is 1.07 bits per heavy atom. The van der Waals surface area contributed by atoms with Crippen molar-refractivity contribution in [2.75, 3.05) is 26.2 Å². The first-order chi connectivity index (χ1) is 20.4. The number of aliphatic hydroxyl groups excluding tert-OH is 3. The minimum absolute atomic E-state index is 0.0594. The third-order valence-electron chi connectivity index (χ3n) is 4.92. The highest BCUT2D eigenvalue weighted by Gasteiger charge is 2.34. The van der Waals surface area contributed by atoms with Crippen molar-refractivity contribution in [3.8, 4) is 0 Å². The van der Waals surface area contributed by atoms with Gasteiger partial charge in [-0.1, -0.05) is 70.2 Å². The molecule has 0 saturated carbocycles. The highest BCUT2D eigenvalue weighted by Crippen LogP contribution is 2.16. The van der Waals surface area contributed by atoms with Crippen LogP contribution in [0, 0.1) is 6.92 Å². The molecule has 8 nitrogen and oxygen atoms in total. The minimum atomic E-state index is -1.81. The van der Waals surface area contributed by atoms with Gasteiger partial charge in [-0.3, -0.25) is 14.6 Å². The maximum Gasteiger partial charge on any atom is 0.254 e. The van der Waals surface area contributed by atoms with Crippen LogP contribution in [0.5, 0.6) is 0 Å². The molecule has 0 spiro atoms. The number of thioether (sulfide) groups is 1. The molecular weight excluding hydrogens is 586 g/mol. The molecule has 4 N–H and O–H groups in total. The Labute approximate surface area is 271 Å². The Morgan fingerprint density at radius 3 is 1.93 bits per heavy atom. The van der Waals surface area contributed by atoms with E-state index in [1.165, 1.54) is 16.7 Å². The number of allylic oxidation sites excluding steroid dienone is 4. The SMILES string of the molecule is C/C=C(\C)Cl.C/C=C\C.C=C(CNC(=O)C(O)C(O)C(=O)N1CCCC1)S/C=C(\C)CO.CC.CC.Cc1ccccn1. The number of rotatable bonds is 8. The van der Waals surface area contributed by atoms with Gasteiger partial charge in [0.25, 0.3) is 11.8 Å². The lowest BCUT2D eigenvalue weighted by atomic mass is 10.1. The summed E-state index contributed by atoms with van der Waals surface area (Å²) >= 11 is 6.57. The van der Waals surface area contributed by atoms with E-state index in [0.29, 0.717) is 18.0 Å². The molecule has 43 heavy (non-hydrogen) atoms. The average Bonchev–Trinajstić information content (AvgIpc) is 3.59. The molecule has 1 aliphatic rings. The summed E-state index contributed by atoms with van der Waals surface area (Å²) in [6.45, 7) is 24.3. The number of carbonyl (C=O) groups excluding carboxylic acids is 2. The van der Waals surface area contributed by atoms with Gasteiger partial charge in [-0.25, -0.2) is 0 Å². The number of aliphatic hydroxyl groups is 3. The Kier molecular flexibility index (Phi) is 37.6. The highest BCUT2D eigenvalue weighted by molar-refractivity contribution is 8.05. The first kappa shape index (κ1) is 47.5. The molecule has 1 aromatic heterocycles. The maximum atomic E-state index is 11.9. The van der Waals surface area contributed by atoms with E-state index in [2.05, 4.69) is 16.9 Å². The number of carbonyl (C=O) groups is 2. The number of nitrogens with zero attached hydrogens (tertiary/aromatic N) is 2. The number of hydrogen-bond acceptors (Lipinski definition) is 7. The summed E-state index contributed by atoms with van der Waals surface area (Å²) in [4.78, 5) is 29.7. The molecule has 1 aliphatic heterocycles. The number of pyridine rings is 1. The zero-order valence-electron chi connectivity index (χ0n) is 28.1. The van der Waals surface area contributed by atoms with Crippen LogP contribution in [-0.2, 0) is 9.59 Å². The molecular formula is C33H58ClN3O5S. The molecule has 2 unspecified atom stereocenters. The van der Waals surface area contributed by atoms with Gasteiger partial charge >= 0.3 is 0 Å². The number of aryl methyl sites for hydroxylation is 1. The quantitative estimate of drug-likeness (QED) is 0.231. The Morgan fingerprint density at radius 2 is 1.58 bits per heavy atom. The molecule has 1 fully saturated rings. The summed E-state index contributed by atoms with van der Waals surface area (Å²) in [5, 5.41) is 33.5. The fourth-order valence-electron chi connectivity index (χ4n) is 2.40. The molecule has 0 aromatic carbocycles. The summed E-state index contributed by atoms with van der Waals surface area (Å²) in [6, 6.07) is 5.86. The lowest BCUT2D eigenvalue weighted by Gasteiger charge is -2.22. The van der Waals surface area contributed by atoms with E-state index < -0.39 is 24.0 Å². The largest absolute Gasteiger partial charge is 0.392 e. The van der Waals surface area contributed by atoms with Crippen molar-refractivity contribution >= 4 is 35.2 Å². The van der Waals surface area contributed by atoms with Crippen LogP contribution in [0.15, 0.2) is 70.1 Å². The van der Waals surface area contributed by atoms with Gasteiger partial charge in [0.05, 0.1) is 6.61 Å². The van der Waals surface area contributed by atoms with Crippen LogP contribution < -0.4 is 5.32 Å². The molecule has 1 aromatic rings. The number of aromatic nitrogens is 1. The molecule has 248 valence electrons. The summed E-state index contributed by atoms with van der Waals surface area (Å²) in [6.07, 6.45) is 5.79. The van der Waals surface area contributed by atoms with Crippen LogP contribution in [0.25, 0.3) is 0 Å². The van der Waals surface area contributed by atoms with Crippen molar-refractivity contribution in [3.05, 3.63) is 75.8 Å². The smallest absolute Gasteiger partial charge is 0.254 e. The van der Waals surface area contributed by atoms with Crippen LogP contribution in [0.2, 0.25) is 0 Å². The van der Waals surface area contributed by atoms with Gasteiger partial charge in [0, 0.05) is 41.5 Å². The van der Waals surface area contributed by atoms with Crippen LogP contribution >= 0.6 is 23.4 Å². The summed E-state index contributed by atoms with van der Waals surface area (Å²) < 4.78 is 0. The fraction of sp³-hybridized carbons (Fsp3) is 0.545. The zero-order valence-corrected chi connectivity index (χ0v) is 29.6. The molecule has 2 atom stereocenters. The van der Waals surface area contributed by atoms with Crippen molar-refractivity contribution < 1.29 is 24.9 Å². The topological polar surface area (TPSA) is 123 Å². The average molecular weight is 644 g/mol. The standard InChI is InChI=1S/C15H24N2O5S.C6H7N.C4H7Cl.C4H8.2C2H6/c1-10(8-18)9-23-11(2)7-16-14(21)12(19)13(20)15(22)17-5-3-4-6-17;1-6-4-2-3-5-7-6;1-3-4(2)5;1-3-4-2;2*1-2/h9,12-13,18-20H,2-8H2,1H3,(H,16,21);2-5H,1H3;3H,1-2H3;3-4H,1-2H3;2*1-2H3/b10-9+;;4-3+;4-3-;;. The number of nitrogens with one attached hydrogen (secondary N) is 1. The van der Waals surface area contributed by atoms with Gasteiger partial charge in [0.2, 0.25) is 0 Å². The third kappa shape index (κ3) is 29.4. The van der Waals surface area contributed by atoms with E-state index in [9.17, 15) is 19.8 Å². The third-order valence-corrected chi connectivity index (χ3v) is 6.13.